The second-order valence-corrected chi connectivity index (χ2v) is 4.31. The summed E-state index contributed by atoms with van der Waals surface area (Å²) in [6.07, 6.45) is 2.75. The summed E-state index contributed by atoms with van der Waals surface area (Å²) in [5.41, 5.74) is 0.444. The van der Waals surface area contributed by atoms with E-state index in [-0.39, 0.29) is 5.41 Å². The maximum absolute atomic E-state index is 10.9. The first-order chi connectivity index (χ1) is 6.72. The van der Waals surface area contributed by atoms with E-state index in [9.17, 15) is 4.79 Å². The summed E-state index contributed by atoms with van der Waals surface area (Å²) >= 11 is 3.40. The Morgan fingerprint density at radius 2 is 2.29 bits per heavy atom. The number of hydrogen-bond acceptors (Lipinski definition) is 3. The Labute approximate surface area is 90.6 Å². The maximum atomic E-state index is 10.9. The molecule has 0 bridgehead atoms. The highest BCUT2D eigenvalue weighted by Crippen LogP contribution is 2.48. The Balaban J connectivity index is 2.46. The normalized spacial score (nSPS) is 17.6. The van der Waals surface area contributed by atoms with Gasteiger partial charge in [0.05, 0.1) is 18.2 Å². The predicted molar refractivity (Wildman–Crippen MR) is 55.5 cm³/mol. The van der Waals surface area contributed by atoms with Crippen LogP contribution in [0.2, 0.25) is 0 Å². The fourth-order valence-electron chi connectivity index (χ4n) is 1.43. The standard InChI is InChI=1S/C10H10BrNO2/c1-14-8-3-2-7(11)9(12-8)10(6-13)4-5-10/h2-3,6H,4-5H2,1H3. The lowest BCUT2D eigenvalue weighted by atomic mass is 10.0. The van der Waals surface area contributed by atoms with E-state index >= 15 is 0 Å². The van der Waals surface area contributed by atoms with Crippen molar-refractivity contribution in [1.82, 2.24) is 4.98 Å². The molecule has 14 heavy (non-hydrogen) atoms. The van der Waals surface area contributed by atoms with Gasteiger partial charge in [0, 0.05) is 10.5 Å². The highest BCUT2D eigenvalue weighted by atomic mass is 79.9. The quantitative estimate of drug-likeness (QED) is 0.777. The van der Waals surface area contributed by atoms with Gasteiger partial charge < -0.3 is 9.53 Å². The highest BCUT2D eigenvalue weighted by molar-refractivity contribution is 9.10. The zero-order valence-electron chi connectivity index (χ0n) is 7.79. The number of hydrogen-bond donors (Lipinski definition) is 0. The summed E-state index contributed by atoms with van der Waals surface area (Å²) in [5, 5.41) is 0. The number of aromatic nitrogens is 1. The molecule has 0 N–H and O–H groups in total. The summed E-state index contributed by atoms with van der Waals surface area (Å²) in [7, 11) is 1.57. The minimum atomic E-state index is -0.354. The van der Waals surface area contributed by atoms with E-state index < -0.39 is 0 Å². The molecule has 1 aliphatic carbocycles. The lowest BCUT2D eigenvalue weighted by Crippen LogP contribution is -2.11. The number of aldehydes is 1. The molecule has 74 valence electrons. The van der Waals surface area contributed by atoms with Crippen molar-refractivity contribution in [2.24, 2.45) is 0 Å². The molecule has 2 rings (SSSR count). The number of nitrogens with zero attached hydrogens (tertiary/aromatic N) is 1. The third-order valence-electron chi connectivity index (χ3n) is 2.52. The Morgan fingerprint density at radius 1 is 1.57 bits per heavy atom. The SMILES string of the molecule is COc1ccc(Br)c(C2(C=O)CC2)n1. The fourth-order valence-corrected chi connectivity index (χ4v) is 2.05. The number of carbonyl (C=O) groups is 1. The van der Waals surface area contributed by atoms with Crippen LogP contribution >= 0.6 is 15.9 Å². The monoisotopic (exact) mass is 255 g/mol. The average Bonchev–Trinajstić information content (AvgIpc) is 2.99. The van der Waals surface area contributed by atoms with Gasteiger partial charge in [-0.1, -0.05) is 0 Å². The number of pyridine rings is 1. The second-order valence-electron chi connectivity index (χ2n) is 3.46. The molecular weight excluding hydrogens is 246 g/mol. The Morgan fingerprint density at radius 3 is 2.79 bits per heavy atom. The molecular formula is C10H10BrNO2. The van der Waals surface area contributed by atoms with Crippen molar-refractivity contribution in [3.63, 3.8) is 0 Å². The third kappa shape index (κ3) is 1.43. The van der Waals surface area contributed by atoms with Crippen molar-refractivity contribution < 1.29 is 9.53 Å². The highest BCUT2D eigenvalue weighted by Gasteiger charge is 2.47. The van der Waals surface area contributed by atoms with Gasteiger partial charge in [0.15, 0.2) is 0 Å². The van der Waals surface area contributed by atoms with Gasteiger partial charge in [0.25, 0.3) is 0 Å². The summed E-state index contributed by atoms with van der Waals surface area (Å²) in [4.78, 5) is 15.2. The van der Waals surface area contributed by atoms with Crippen molar-refractivity contribution in [1.29, 1.82) is 0 Å². The van der Waals surface area contributed by atoms with Crippen molar-refractivity contribution >= 4 is 22.2 Å². The number of carbonyl (C=O) groups excluding carboxylic acids is 1. The molecule has 0 amide bonds. The van der Waals surface area contributed by atoms with Gasteiger partial charge in [-0.25, -0.2) is 4.98 Å². The van der Waals surface area contributed by atoms with E-state index in [1.165, 1.54) is 0 Å². The van der Waals surface area contributed by atoms with E-state index in [0.717, 1.165) is 29.3 Å². The molecule has 1 heterocycles. The van der Waals surface area contributed by atoms with Crippen LogP contribution in [0, 0.1) is 0 Å². The van der Waals surface area contributed by atoms with Crippen molar-refractivity contribution in [2.45, 2.75) is 18.3 Å². The van der Waals surface area contributed by atoms with E-state index in [1.807, 2.05) is 6.07 Å². The molecule has 0 unspecified atom stereocenters. The van der Waals surface area contributed by atoms with Crippen molar-refractivity contribution in [3.05, 3.63) is 22.3 Å². The zero-order chi connectivity index (χ0) is 10.2. The van der Waals surface area contributed by atoms with Crippen LogP contribution in [0.15, 0.2) is 16.6 Å². The van der Waals surface area contributed by atoms with Crippen molar-refractivity contribution in [3.8, 4) is 5.88 Å². The molecule has 1 aromatic heterocycles. The summed E-state index contributed by atoms with van der Waals surface area (Å²) < 4.78 is 5.91. The molecule has 4 heteroatoms. The van der Waals surface area contributed by atoms with Gasteiger partial charge in [-0.2, -0.15) is 0 Å². The van der Waals surface area contributed by atoms with Crippen LogP contribution in [0.5, 0.6) is 5.88 Å². The topological polar surface area (TPSA) is 39.2 Å². The molecule has 0 atom stereocenters. The van der Waals surface area contributed by atoms with E-state index in [0.29, 0.717) is 5.88 Å². The minimum Gasteiger partial charge on any atom is -0.481 e. The second kappa shape index (κ2) is 3.35. The summed E-state index contributed by atoms with van der Waals surface area (Å²) in [6.45, 7) is 0. The van der Waals surface area contributed by atoms with Crippen LogP contribution in [0.1, 0.15) is 18.5 Å². The molecule has 0 saturated heterocycles. The Bertz CT molecular complexity index is 374. The fraction of sp³-hybridized carbons (Fsp3) is 0.400. The van der Waals surface area contributed by atoms with E-state index in [2.05, 4.69) is 20.9 Å². The van der Waals surface area contributed by atoms with Gasteiger partial charge in [-0.3, -0.25) is 0 Å². The molecule has 1 aromatic rings. The molecule has 0 aliphatic heterocycles. The van der Waals surface area contributed by atoms with Crippen molar-refractivity contribution in [2.75, 3.05) is 7.11 Å². The number of methoxy groups -OCH3 is 1. The van der Waals surface area contributed by atoms with Crippen LogP contribution in [0.3, 0.4) is 0 Å². The van der Waals surface area contributed by atoms with Gasteiger partial charge in [0.1, 0.15) is 6.29 Å². The number of halogens is 1. The first-order valence-corrected chi connectivity index (χ1v) is 5.18. The summed E-state index contributed by atoms with van der Waals surface area (Å²) in [6, 6.07) is 3.64. The lowest BCUT2D eigenvalue weighted by molar-refractivity contribution is -0.110. The zero-order valence-corrected chi connectivity index (χ0v) is 9.37. The summed E-state index contributed by atoms with van der Waals surface area (Å²) in [5.74, 6) is 0.552. The van der Waals surface area contributed by atoms with Crippen LogP contribution < -0.4 is 4.74 Å². The molecule has 1 aliphatic rings. The predicted octanol–water partition coefficient (Wildman–Crippen LogP) is 2.08. The number of ether oxygens (including phenoxy) is 1. The van der Waals surface area contributed by atoms with Crippen LogP contribution in [0.4, 0.5) is 0 Å². The molecule has 0 radical (unpaired) electrons. The van der Waals surface area contributed by atoms with Gasteiger partial charge in [0.2, 0.25) is 5.88 Å². The Hall–Kier alpha value is -0.900. The van der Waals surface area contributed by atoms with E-state index in [4.69, 9.17) is 4.74 Å². The Kier molecular flexibility index (Phi) is 2.31. The molecule has 3 nitrogen and oxygen atoms in total. The first-order valence-electron chi connectivity index (χ1n) is 4.39. The third-order valence-corrected chi connectivity index (χ3v) is 3.16. The smallest absolute Gasteiger partial charge is 0.213 e. The number of rotatable bonds is 3. The van der Waals surface area contributed by atoms with Gasteiger partial charge in [-0.15, -0.1) is 0 Å². The van der Waals surface area contributed by atoms with Crippen LogP contribution in [0.25, 0.3) is 0 Å². The average molecular weight is 256 g/mol. The van der Waals surface area contributed by atoms with Crippen LogP contribution in [-0.2, 0) is 10.2 Å². The van der Waals surface area contributed by atoms with Gasteiger partial charge in [-0.05, 0) is 34.8 Å². The minimum absolute atomic E-state index is 0.354. The lowest BCUT2D eigenvalue weighted by Gasteiger charge is -2.10. The first kappa shape index (κ1) is 9.65. The van der Waals surface area contributed by atoms with Gasteiger partial charge >= 0.3 is 0 Å². The molecule has 0 spiro atoms. The largest absolute Gasteiger partial charge is 0.481 e. The van der Waals surface area contributed by atoms with Crippen LogP contribution in [-0.4, -0.2) is 18.4 Å². The maximum Gasteiger partial charge on any atom is 0.213 e. The molecule has 1 fully saturated rings. The molecule has 0 aromatic carbocycles. The van der Waals surface area contributed by atoms with E-state index in [1.54, 1.807) is 13.2 Å². The molecule has 1 saturated carbocycles.